The first-order chi connectivity index (χ1) is 7.63. The molecule has 4 nitrogen and oxygen atoms in total. The van der Waals surface area contributed by atoms with Gasteiger partial charge in [-0.3, -0.25) is 4.40 Å². The summed E-state index contributed by atoms with van der Waals surface area (Å²) >= 11 is 0. The van der Waals surface area contributed by atoms with Gasteiger partial charge in [-0.1, -0.05) is 13.8 Å². The minimum Gasteiger partial charge on any atom is -0.330 e. The quantitative estimate of drug-likeness (QED) is 0.853. The first kappa shape index (κ1) is 11.1. The highest BCUT2D eigenvalue weighted by molar-refractivity contribution is 5.41. The first-order valence-corrected chi connectivity index (χ1v) is 5.65. The van der Waals surface area contributed by atoms with E-state index >= 15 is 0 Å². The molecule has 0 aromatic carbocycles. The van der Waals surface area contributed by atoms with Gasteiger partial charge >= 0.3 is 0 Å². The van der Waals surface area contributed by atoms with Crippen LogP contribution in [0.25, 0.3) is 5.65 Å². The first-order valence-electron chi connectivity index (χ1n) is 5.65. The van der Waals surface area contributed by atoms with E-state index in [9.17, 15) is 0 Å². The third-order valence-corrected chi connectivity index (χ3v) is 2.98. The number of aromatic nitrogens is 3. The Hall–Kier alpha value is -1.42. The zero-order valence-electron chi connectivity index (χ0n) is 10.0. The van der Waals surface area contributed by atoms with E-state index < -0.39 is 0 Å². The number of nitrogens with two attached hydrogens (primary N) is 1. The molecule has 0 bridgehead atoms. The largest absolute Gasteiger partial charge is 0.330 e. The molecule has 0 spiro atoms. The molecule has 2 rings (SSSR count). The SMILES string of the molecule is Cc1ccn2c(C(CN)C(C)C)nnc2c1. The predicted octanol–water partition coefficient (Wildman–Crippen LogP) is 1.74. The Morgan fingerprint density at radius 3 is 2.75 bits per heavy atom. The summed E-state index contributed by atoms with van der Waals surface area (Å²) in [6, 6.07) is 4.10. The van der Waals surface area contributed by atoms with Crippen molar-refractivity contribution in [2.45, 2.75) is 26.7 Å². The molecule has 0 fully saturated rings. The number of hydrogen-bond donors (Lipinski definition) is 1. The summed E-state index contributed by atoms with van der Waals surface area (Å²) in [5.41, 5.74) is 7.90. The molecule has 1 atom stereocenters. The van der Waals surface area contributed by atoms with E-state index in [4.69, 9.17) is 5.73 Å². The molecule has 0 aliphatic heterocycles. The smallest absolute Gasteiger partial charge is 0.161 e. The highest BCUT2D eigenvalue weighted by atomic mass is 15.2. The van der Waals surface area contributed by atoms with Gasteiger partial charge in [-0.2, -0.15) is 0 Å². The van der Waals surface area contributed by atoms with Crippen molar-refractivity contribution in [2.75, 3.05) is 6.54 Å². The van der Waals surface area contributed by atoms with Crippen molar-refractivity contribution in [3.05, 3.63) is 29.7 Å². The van der Waals surface area contributed by atoms with Gasteiger partial charge in [-0.05, 0) is 30.5 Å². The standard InChI is InChI=1S/C12H18N4/c1-8(2)10(7-13)12-15-14-11-6-9(3)4-5-16(11)12/h4-6,8,10H,7,13H2,1-3H3. The molecule has 0 radical (unpaired) electrons. The Labute approximate surface area is 95.5 Å². The van der Waals surface area contributed by atoms with Crippen LogP contribution in [0.3, 0.4) is 0 Å². The number of rotatable bonds is 3. The molecule has 16 heavy (non-hydrogen) atoms. The van der Waals surface area contributed by atoms with Crippen molar-refractivity contribution in [3.8, 4) is 0 Å². The zero-order chi connectivity index (χ0) is 11.7. The highest BCUT2D eigenvalue weighted by Crippen LogP contribution is 2.22. The molecule has 0 aliphatic rings. The molecular formula is C12H18N4. The maximum atomic E-state index is 5.80. The van der Waals surface area contributed by atoms with E-state index in [1.165, 1.54) is 5.56 Å². The Kier molecular flexibility index (Phi) is 2.92. The lowest BCUT2D eigenvalue weighted by atomic mass is 9.95. The monoisotopic (exact) mass is 218 g/mol. The minimum atomic E-state index is 0.262. The van der Waals surface area contributed by atoms with Crippen molar-refractivity contribution in [1.82, 2.24) is 14.6 Å². The van der Waals surface area contributed by atoms with Gasteiger partial charge in [-0.15, -0.1) is 10.2 Å². The summed E-state index contributed by atoms with van der Waals surface area (Å²) in [4.78, 5) is 0. The second kappa shape index (κ2) is 4.22. The van der Waals surface area contributed by atoms with Crippen LogP contribution in [-0.4, -0.2) is 21.1 Å². The number of pyridine rings is 1. The summed E-state index contributed by atoms with van der Waals surface area (Å²) in [6.07, 6.45) is 2.02. The number of nitrogens with zero attached hydrogens (tertiary/aromatic N) is 3. The number of hydrogen-bond acceptors (Lipinski definition) is 3. The van der Waals surface area contributed by atoms with Gasteiger partial charge in [0.1, 0.15) is 5.82 Å². The second-order valence-corrected chi connectivity index (χ2v) is 4.58. The molecule has 2 aromatic rings. The van der Waals surface area contributed by atoms with E-state index in [0.29, 0.717) is 12.5 Å². The number of aryl methyl sites for hydroxylation is 1. The lowest BCUT2D eigenvalue weighted by molar-refractivity contribution is 0.480. The second-order valence-electron chi connectivity index (χ2n) is 4.58. The molecule has 0 amide bonds. The van der Waals surface area contributed by atoms with Gasteiger partial charge in [0.05, 0.1) is 0 Å². The van der Waals surface area contributed by atoms with Crippen molar-refractivity contribution in [3.63, 3.8) is 0 Å². The Morgan fingerprint density at radius 1 is 1.38 bits per heavy atom. The molecule has 0 saturated carbocycles. The summed E-state index contributed by atoms with van der Waals surface area (Å²) in [7, 11) is 0. The predicted molar refractivity (Wildman–Crippen MR) is 64.4 cm³/mol. The van der Waals surface area contributed by atoms with Crippen LogP contribution in [0.2, 0.25) is 0 Å². The molecule has 1 unspecified atom stereocenters. The van der Waals surface area contributed by atoms with Gasteiger partial charge in [0.25, 0.3) is 0 Å². The fourth-order valence-electron chi connectivity index (χ4n) is 1.94. The Bertz CT molecular complexity index is 487. The lowest BCUT2D eigenvalue weighted by Gasteiger charge is -2.16. The van der Waals surface area contributed by atoms with Crippen molar-refractivity contribution in [2.24, 2.45) is 11.7 Å². The van der Waals surface area contributed by atoms with Gasteiger partial charge in [-0.25, -0.2) is 0 Å². The fourth-order valence-corrected chi connectivity index (χ4v) is 1.94. The molecule has 0 aliphatic carbocycles. The fraction of sp³-hybridized carbons (Fsp3) is 0.500. The summed E-state index contributed by atoms with van der Waals surface area (Å²) in [6.45, 7) is 6.98. The molecule has 2 aromatic heterocycles. The summed E-state index contributed by atoms with van der Waals surface area (Å²) < 4.78 is 2.03. The lowest BCUT2D eigenvalue weighted by Crippen LogP contribution is -2.20. The highest BCUT2D eigenvalue weighted by Gasteiger charge is 2.19. The maximum Gasteiger partial charge on any atom is 0.161 e. The van der Waals surface area contributed by atoms with E-state index in [1.807, 2.05) is 16.7 Å². The van der Waals surface area contributed by atoms with E-state index in [1.54, 1.807) is 0 Å². The van der Waals surface area contributed by atoms with Crippen LogP contribution in [0.15, 0.2) is 18.3 Å². The van der Waals surface area contributed by atoms with E-state index in [0.717, 1.165) is 11.5 Å². The van der Waals surface area contributed by atoms with Crippen LogP contribution in [0, 0.1) is 12.8 Å². The number of fused-ring (bicyclic) bond motifs is 1. The normalized spacial score (nSPS) is 13.6. The minimum absolute atomic E-state index is 0.262. The zero-order valence-corrected chi connectivity index (χ0v) is 10.0. The van der Waals surface area contributed by atoms with Crippen LogP contribution >= 0.6 is 0 Å². The van der Waals surface area contributed by atoms with Crippen LogP contribution in [0.5, 0.6) is 0 Å². The van der Waals surface area contributed by atoms with Gasteiger partial charge in [0.2, 0.25) is 0 Å². The van der Waals surface area contributed by atoms with E-state index in [-0.39, 0.29) is 5.92 Å². The maximum absolute atomic E-state index is 5.80. The molecule has 0 saturated heterocycles. The van der Waals surface area contributed by atoms with E-state index in [2.05, 4.69) is 37.0 Å². The van der Waals surface area contributed by atoms with Gasteiger partial charge in [0.15, 0.2) is 5.65 Å². The van der Waals surface area contributed by atoms with Crippen LogP contribution in [-0.2, 0) is 0 Å². The molecular weight excluding hydrogens is 200 g/mol. The average Bonchev–Trinajstić information content (AvgIpc) is 2.62. The van der Waals surface area contributed by atoms with Crippen molar-refractivity contribution < 1.29 is 0 Å². The Morgan fingerprint density at radius 2 is 2.12 bits per heavy atom. The Balaban J connectivity index is 2.52. The van der Waals surface area contributed by atoms with Crippen LogP contribution in [0.1, 0.15) is 31.2 Å². The van der Waals surface area contributed by atoms with Crippen molar-refractivity contribution >= 4 is 5.65 Å². The summed E-state index contributed by atoms with van der Waals surface area (Å²) in [5.74, 6) is 1.70. The molecule has 2 heterocycles. The van der Waals surface area contributed by atoms with Crippen LogP contribution < -0.4 is 5.73 Å². The van der Waals surface area contributed by atoms with Gasteiger partial charge in [0, 0.05) is 18.7 Å². The third kappa shape index (κ3) is 1.80. The average molecular weight is 218 g/mol. The van der Waals surface area contributed by atoms with Crippen molar-refractivity contribution in [1.29, 1.82) is 0 Å². The van der Waals surface area contributed by atoms with Gasteiger partial charge < -0.3 is 5.73 Å². The topological polar surface area (TPSA) is 56.2 Å². The molecule has 2 N–H and O–H groups in total. The molecule has 86 valence electrons. The van der Waals surface area contributed by atoms with Crippen LogP contribution in [0.4, 0.5) is 0 Å². The molecule has 4 heteroatoms. The summed E-state index contributed by atoms with van der Waals surface area (Å²) in [5, 5.41) is 8.45. The third-order valence-electron chi connectivity index (χ3n) is 2.98.